The highest BCUT2D eigenvalue weighted by Crippen LogP contribution is 2.31. The van der Waals surface area contributed by atoms with Crippen LogP contribution in [0.15, 0.2) is 0 Å². The lowest BCUT2D eigenvalue weighted by molar-refractivity contribution is -0.144. The minimum Gasteiger partial charge on any atom is -0.481 e. The zero-order valence-electron chi connectivity index (χ0n) is 10.1. The Morgan fingerprint density at radius 1 is 1.38 bits per heavy atom. The third-order valence-corrected chi connectivity index (χ3v) is 3.85. The lowest BCUT2D eigenvalue weighted by atomic mass is 9.88. The van der Waals surface area contributed by atoms with Gasteiger partial charge in [0.15, 0.2) is 0 Å². The molecule has 2 aliphatic heterocycles. The first-order chi connectivity index (χ1) is 7.58. The van der Waals surface area contributed by atoms with Crippen molar-refractivity contribution in [2.75, 3.05) is 26.3 Å². The van der Waals surface area contributed by atoms with Gasteiger partial charge in [-0.3, -0.25) is 4.79 Å². The molecule has 2 heterocycles. The van der Waals surface area contributed by atoms with Gasteiger partial charge in [0.2, 0.25) is 0 Å². The van der Waals surface area contributed by atoms with E-state index in [2.05, 4.69) is 18.7 Å². The quantitative estimate of drug-likeness (QED) is 0.766. The molecule has 3 atom stereocenters. The average molecular weight is 227 g/mol. The molecule has 16 heavy (non-hydrogen) atoms. The van der Waals surface area contributed by atoms with Crippen LogP contribution in [0, 0.1) is 17.8 Å². The van der Waals surface area contributed by atoms with Gasteiger partial charge < -0.3 is 14.7 Å². The summed E-state index contributed by atoms with van der Waals surface area (Å²) >= 11 is 0. The number of hydrogen-bond donors (Lipinski definition) is 1. The smallest absolute Gasteiger partial charge is 0.306 e. The van der Waals surface area contributed by atoms with Crippen LogP contribution in [-0.4, -0.2) is 48.3 Å². The first-order valence-corrected chi connectivity index (χ1v) is 6.12. The fraction of sp³-hybridized carbons (Fsp3) is 0.917. The number of carboxylic acids is 1. The predicted octanol–water partition coefficient (Wildman–Crippen LogP) is 1.06. The van der Waals surface area contributed by atoms with E-state index in [1.54, 1.807) is 0 Å². The van der Waals surface area contributed by atoms with Crippen molar-refractivity contribution < 1.29 is 14.6 Å². The molecule has 0 aliphatic carbocycles. The Balaban J connectivity index is 2.16. The van der Waals surface area contributed by atoms with Crippen LogP contribution < -0.4 is 0 Å². The Morgan fingerprint density at radius 2 is 2.12 bits per heavy atom. The highest BCUT2D eigenvalue weighted by molar-refractivity contribution is 5.70. The molecular weight excluding hydrogens is 206 g/mol. The van der Waals surface area contributed by atoms with Gasteiger partial charge in [0, 0.05) is 25.0 Å². The van der Waals surface area contributed by atoms with Crippen LogP contribution in [0.5, 0.6) is 0 Å². The second-order valence-corrected chi connectivity index (χ2v) is 5.39. The summed E-state index contributed by atoms with van der Waals surface area (Å²) in [5.74, 6) is -0.314. The van der Waals surface area contributed by atoms with E-state index in [4.69, 9.17) is 4.74 Å². The van der Waals surface area contributed by atoms with Crippen molar-refractivity contribution in [1.82, 2.24) is 4.90 Å². The number of rotatable bonds is 2. The maximum atomic E-state index is 11.3. The Bertz CT molecular complexity index is 267. The van der Waals surface area contributed by atoms with Crippen LogP contribution in [-0.2, 0) is 9.53 Å². The van der Waals surface area contributed by atoms with Crippen LogP contribution in [0.25, 0.3) is 0 Å². The molecule has 0 spiro atoms. The summed E-state index contributed by atoms with van der Waals surface area (Å²) in [5.41, 5.74) is 0. The van der Waals surface area contributed by atoms with E-state index in [0.717, 1.165) is 26.1 Å². The molecule has 92 valence electrons. The molecule has 3 unspecified atom stereocenters. The summed E-state index contributed by atoms with van der Waals surface area (Å²) in [7, 11) is 0. The van der Waals surface area contributed by atoms with Crippen LogP contribution in [0.3, 0.4) is 0 Å². The van der Waals surface area contributed by atoms with Gasteiger partial charge in [0.05, 0.1) is 19.1 Å². The van der Waals surface area contributed by atoms with E-state index < -0.39 is 5.97 Å². The molecule has 4 heteroatoms. The topological polar surface area (TPSA) is 49.8 Å². The van der Waals surface area contributed by atoms with Crippen molar-refractivity contribution in [2.24, 2.45) is 17.8 Å². The molecule has 2 rings (SSSR count). The number of aliphatic carboxylic acids is 1. The minimum atomic E-state index is -0.647. The molecule has 0 amide bonds. The van der Waals surface area contributed by atoms with Crippen LogP contribution in [0.4, 0.5) is 0 Å². The second kappa shape index (κ2) is 4.72. The number of carboxylic acid groups (broad SMARTS) is 1. The molecule has 1 N–H and O–H groups in total. The number of nitrogens with zero attached hydrogens (tertiary/aromatic N) is 1. The van der Waals surface area contributed by atoms with Gasteiger partial charge in [-0.25, -0.2) is 0 Å². The molecule has 2 aliphatic rings. The molecule has 2 saturated heterocycles. The number of carbonyl (C=O) groups is 1. The number of hydrogen-bond acceptors (Lipinski definition) is 3. The molecule has 0 radical (unpaired) electrons. The van der Waals surface area contributed by atoms with E-state index in [1.165, 1.54) is 0 Å². The van der Waals surface area contributed by atoms with Crippen molar-refractivity contribution in [3.8, 4) is 0 Å². The Hall–Kier alpha value is -0.610. The third-order valence-electron chi connectivity index (χ3n) is 3.85. The molecule has 0 aromatic carbocycles. The zero-order valence-corrected chi connectivity index (χ0v) is 10.1. The molecule has 0 aromatic rings. The normalized spacial score (nSPS) is 36.1. The first kappa shape index (κ1) is 11.9. The Morgan fingerprint density at radius 3 is 2.75 bits per heavy atom. The van der Waals surface area contributed by atoms with E-state index in [1.807, 2.05) is 0 Å². The first-order valence-electron chi connectivity index (χ1n) is 6.12. The van der Waals surface area contributed by atoms with Crippen LogP contribution in [0.1, 0.15) is 20.3 Å². The highest BCUT2D eigenvalue weighted by Gasteiger charge is 2.39. The van der Waals surface area contributed by atoms with Gasteiger partial charge in [-0.05, 0) is 26.2 Å². The lowest BCUT2D eigenvalue weighted by Crippen LogP contribution is -2.41. The summed E-state index contributed by atoms with van der Waals surface area (Å²) in [5, 5.41) is 9.26. The largest absolute Gasteiger partial charge is 0.481 e. The number of fused-ring (bicyclic) bond motifs is 3. The van der Waals surface area contributed by atoms with Gasteiger partial charge >= 0.3 is 5.97 Å². The van der Waals surface area contributed by atoms with Crippen molar-refractivity contribution in [2.45, 2.75) is 26.3 Å². The number of ether oxygens (including phenoxy) is 1. The maximum absolute atomic E-state index is 11.3. The van der Waals surface area contributed by atoms with Crippen molar-refractivity contribution in [3.05, 3.63) is 0 Å². The molecule has 0 saturated carbocycles. The fourth-order valence-corrected chi connectivity index (χ4v) is 2.86. The predicted molar refractivity (Wildman–Crippen MR) is 60.3 cm³/mol. The summed E-state index contributed by atoms with van der Waals surface area (Å²) in [6, 6.07) is 0.496. The van der Waals surface area contributed by atoms with Gasteiger partial charge in [-0.2, -0.15) is 0 Å². The summed E-state index contributed by atoms with van der Waals surface area (Å²) in [6.45, 7) is 7.54. The Labute approximate surface area is 96.6 Å². The monoisotopic (exact) mass is 227 g/mol. The standard InChI is InChI=1S/C12H21NO3/c1-8(2)13-4-9-3-11(12(14)15)10(5-13)7-16-6-9/h8-11H,3-7H2,1-2H3,(H,14,15). The zero-order chi connectivity index (χ0) is 11.7. The van der Waals surface area contributed by atoms with Gasteiger partial charge in [0.1, 0.15) is 0 Å². The second-order valence-electron chi connectivity index (χ2n) is 5.39. The van der Waals surface area contributed by atoms with Gasteiger partial charge in [0.25, 0.3) is 0 Å². The van der Waals surface area contributed by atoms with Crippen LogP contribution in [0.2, 0.25) is 0 Å². The number of likely N-dealkylation sites (tertiary alicyclic amines) is 1. The van der Waals surface area contributed by atoms with Gasteiger partial charge in [-0.1, -0.05) is 0 Å². The molecular formula is C12H21NO3. The molecule has 2 bridgehead atoms. The third kappa shape index (κ3) is 2.38. The average Bonchev–Trinajstić information content (AvgIpc) is 2.45. The molecule has 2 fully saturated rings. The molecule has 4 nitrogen and oxygen atoms in total. The van der Waals surface area contributed by atoms with Crippen LogP contribution >= 0.6 is 0 Å². The summed E-state index contributed by atoms with van der Waals surface area (Å²) < 4.78 is 5.58. The Kier molecular flexibility index (Phi) is 3.50. The van der Waals surface area contributed by atoms with E-state index in [9.17, 15) is 9.90 Å². The van der Waals surface area contributed by atoms with Crippen molar-refractivity contribution in [3.63, 3.8) is 0 Å². The maximum Gasteiger partial charge on any atom is 0.306 e. The SMILES string of the molecule is CC(C)N1CC2COCC(C1)C(C(=O)O)C2. The van der Waals surface area contributed by atoms with E-state index >= 15 is 0 Å². The summed E-state index contributed by atoms with van der Waals surface area (Å²) in [6.07, 6.45) is 0.781. The van der Waals surface area contributed by atoms with E-state index in [0.29, 0.717) is 18.6 Å². The van der Waals surface area contributed by atoms with Crippen molar-refractivity contribution in [1.29, 1.82) is 0 Å². The van der Waals surface area contributed by atoms with Gasteiger partial charge in [-0.15, -0.1) is 0 Å². The fourth-order valence-electron chi connectivity index (χ4n) is 2.86. The van der Waals surface area contributed by atoms with E-state index in [-0.39, 0.29) is 11.8 Å². The highest BCUT2D eigenvalue weighted by atomic mass is 16.5. The minimum absolute atomic E-state index is 0.160. The summed E-state index contributed by atoms with van der Waals surface area (Å²) in [4.78, 5) is 13.7. The lowest BCUT2D eigenvalue weighted by Gasteiger charge is -2.32. The van der Waals surface area contributed by atoms with Crippen molar-refractivity contribution >= 4 is 5.97 Å². The molecule has 0 aromatic heterocycles.